The third kappa shape index (κ3) is 2.95. The predicted molar refractivity (Wildman–Crippen MR) is 117 cm³/mol. The Balaban J connectivity index is 1.43. The molecule has 0 atom stereocenters. The molecule has 1 fully saturated rings. The van der Waals surface area contributed by atoms with E-state index in [1.165, 1.54) is 6.92 Å². The molecule has 0 saturated carbocycles. The number of anilines is 1. The van der Waals surface area contributed by atoms with Crippen molar-refractivity contribution in [2.45, 2.75) is 32.1 Å². The van der Waals surface area contributed by atoms with Gasteiger partial charge in [0.2, 0.25) is 5.91 Å². The quantitative estimate of drug-likeness (QED) is 0.711. The summed E-state index contributed by atoms with van der Waals surface area (Å²) in [6.45, 7) is 4.60. The van der Waals surface area contributed by atoms with Gasteiger partial charge >= 0.3 is 0 Å². The minimum atomic E-state index is -0.665. The van der Waals surface area contributed by atoms with E-state index in [0.29, 0.717) is 31.5 Å². The average Bonchev–Trinajstić information content (AvgIpc) is 3.31. The van der Waals surface area contributed by atoms with Crippen LogP contribution in [0.1, 0.15) is 41.3 Å². The van der Waals surface area contributed by atoms with Crippen LogP contribution >= 0.6 is 0 Å². The number of hydrogen-bond donors (Lipinski definition) is 1. The zero-order valence-corrected chi connectivity index (χ0v) is 17.6. The Labute approximate surface area is 180 Å². The standard InChI is InChI=1S/C24H24N4O3/c1-15-4-3-5-20-21(15)24(23(31)28(20)14-16(2)29)8-10-27(11-9-24)22(30)17-6-7-19-18(12-17)13-25-26-19/h3-7,12-13H,8-11,14H2,1-2H3,(H,25,26). The molecule has 3 heterocycles. The lowest BCUT2D eigenvalue weighted by atomic mass is 9.72. The number of Topliss-reactive ketones (excluding diaryl/α,β-unsaturated/α-hetero) is 1. The highest BCUT2D eigenvalue weighted by atomic mass is 16.2. The molecule has 3 aromatic rings. The van der Waals surface area contributed by atoms with Crippen molar-refractivity contribution in [3.8, 4) is 0 Å². The van der Waals surface area contributed by atoms with Gasteiger partial charge in [-0.15, -0.1) is 0 Å². The molecule has 2 amide bonds. The highest BCUT2D eigenvalue weighted by molar-refractivity contribution is 6.11. The molecular formula is C24H24N4O3. The van der Waals surface area contributed by atoms with Crippen molar-refractivity contribution in [2.75, 3.05) is 24.5 Å². The fraction of sp³-hybridized carbons (Fsp3) is 0.333. The summed E-state index contributed by atoms with van der Waals surface area (Å²) in [6, 6.07) is 11.4. The Morgan fingerprint density at radius 3 is 2.68 bits per heavy atom. The number of ketones is 1. The minimum absolute atomic E-state index is 0.0149. The Morgan fingerprint density at radius 1 is 1.16 bits per heavy atom. The number of piperidine rings is 1. The van der Waals surface area contributed by atoms with Crippen LogP contribution in [0.5, 0.6) is 0 Å². The number of aromatic nitrogens is 2. The number of aryl methyl sites for hydroxylation is 1. The van der Waals surface area contributed by atoms with E-state index in [1.807, 2.05) is 48.2 Å². The van der Waals surface area contributed by atoms with Gasteiger partial charge in [-0.3, -0.25) is 19.5 Å². The van der Waals surface area contributed by atoms with E-state index in [1.54, 1.807) is 11.1 Å². The smallest absolute Gasteiger partial charge is 0.253 e. The number of carbonyl (C=O) groups excluding carboxylic acids is 3. The molecule has 7 heteroatoms. The first-order valence-corrected chi connectivity index (χ1v) is 10.5. The normalized spacial score (nSPS) is 17.4. The largest absolute Gasteiger partial charge is 0.339 e. The topological polar surface area (TPSA) is 86.4 Å². The van der Waals surface area contributed by atoms with Crippen molar-refractivity contribution in [3.05, 3.63) is 59.3 Å². The maximum absolute atomic E-state index is 13.6. The Kier molecular flexibility index (Phi) is 4.43. The maximum atomic E-state index is 13.6. The number of carbonyl (C=O) groups is 3. The molecule has 0 aliphatic carbocycles. The zero-order valence-electron chi connectivity index (χ0n) is 17.6. The minimum Gasteiger partial charge on any atom is -0.339 e. The van der Waals surface area contributed by atoms with E-state index >= 15 is 0 Å². The number of benzene rings is 2. The number of aromatic amines is 1. The summed E-state index contributed by atoms with van der Waals surface area (Å²) in [7, 11) is 0. The fourth-order valence-corrected chi connectivity index (χ4v) is 5.17. The second-order valence-electron chi connectivity index (χ2n) is 8.61. The lowest BCUT2D eigenvalue weighted by Crippen LogP contribution is -2.50. The second kappa shape index (κ2) is 7.04. The maximum Gasteiger partial charge on any atom is 0.253 e. The molecule has 1 aromatic heterocycles. The number of nitrogens with one attached hydrogen (secondary N) is 1. The van der Waals surface area contributed by atoms with Gasteiger partial charge in [-0.2, -0.15) is 5.10 Å². The van der Waals surface area contributed by atoms with E-state index < -0.39 is 5.41 Å². The summed E-state index contributed by atoms with van der Waals surface area (Å²) >= 11 is 0. The van der Waals surface area contributed by atoms with Gasteiger partial charge in [0.05, 0.1) is 23.7 Å². The summed E-state index contributed by atoms with van der Waals surface area (Å²) in [5.41, 5.74) is 3.77. The van der Waals surface area contributed by atoms with Gasteiger partial charge in [-0.25, -0.2) is 0 Å². The van der Waals surface area contributed by atoms with Crippen LogP contribution in [0.4, 0.5) is 5.69 Å². The molecule has 5 rings (SSSR count). The molecule has 31 heavy (non-hydrogen) atoms. The monoisotopic (exact) mass is 416 g/mol. The van der Waals surface area contributed by atoms with Crippen LogP contribution in [-0.2, 0) is 15.0 Å². The molecule has 158 valence electrons. The Bertz CT molecular complexity index is 1220. The van der Waals surface area contributed by atoms with Crippen molar-refractivity contribution >= 4 is 34.2 Å². The number of H-pyrrole nitrogens is 1. The Morgan fingerprint density at radius 2 is 1.94 bits per heavy atom. The van der Waals surface area contributed by atoms with E-state index in [0.717, 1.165) is 27.7 Å². The molecule has 1 N–H and O–H groups in total. The predicted octanol–water partition coefficient (Wildman–Crippen LogP) is 2.98. The molecule has 0 bridgehead atoms. The third-order valence-electron chi connectivity index (χ3n) is 6.65. The number of amides is 2. The van der Waals surface area contributed by atoms with Crippen LogP contribution in [0.15, 0.2) is 42.6 Å². The SMILES string of the molecule is CC(=O)CN1C(=O)C2(CCN(C(=O)c3ccc4[nH]ncc4c3)CC2)c2c(C)cccc21. The van der Waals surface area contributed by atoms with Crippen LogP contribution in [0.2, 0.25) is 0 Å². The number of nitrogens with zero attached hydrogens (tertiary/aromatic N) is 3. The zero-order chi connectivity index (χ0) is 21.8. The van der Waals surface area contributed by atoms with Crippen molar-refractivity contribution in [3.63, 3.8) is 0 Å². The molecule has 7 nitrogen and oxygen atoms in total. The summed E-state index contributed by atoms with van der Waals surface area (Å²) in [5, 5.41) is 7.80. The van der Waals surface area contributed by atoms with Gasteiger partial charge in [0.25, 0.3) is 5.91 Å². The van der Waals surface area contributed by atoms with Crippen molar-refractivity contribution < 1.29 is 14.4 Å². The highest BCUT2D eigenvalue weighted by Crippen LogP contribution is 2.49. The van der Waals surface area contributed by atoms with Crippen LogP contribution in [0, 0.1) is 6.92 Å². The van der Waals surface area contributed by atoms with Gasteiger partial charge < -0.3 is 9.80 Å². The van der Waals surface area contributed by atoms with Crippen molar-refractivity contribution in [1.82, 2.24) is 15.1 Å². The highest BCUT2D eigenvalue weighted by Gasteiger charge is 2.53. The lowest BCUT2D eigenvalue weighted by Gasteiger charge is -2.39. The molecule has 2 aliphatic heterocycles. The second-order valence-corrected chi connectivity index (χ2v) is 8.61. The summed E-state index contributed by atoms with van der Waals surface area (Å²) in [5.74, 6) is -0.0898. The first-order chi connectivity index (χ1) is 14.9. The molecular weight excluding hydrogens is 392 g/mol. The molecule has 0 radical (unpaired) electrons. The van der Waals surface area contributed by atoms with Gasteiger partial charge in [-0.1, -0.05) is 12.1 Å². The molecule has 0 unspecified atom stereocenters. The molecule has 1 spiro atoms. The van der Waals surface area contributed by atoms with Crippen LogP contribution in [-0.4, -0.2) is 52.3 Å². The van der Waals surface area contributed by atoms with Crippen LogP contribution in [0.3, 0.4) is 0 Å². The van der Waals surface area contributed by atoms with E-state index in [-0.39, 0.29) is 24.1 Å². The van der Waals surface area contributed by atoms with Crippen LogP contribution in [0.25, 0.3) is 10.9 Å². The van der Waals surface area contributed by atoms with E-state index in [4.69, 9.17) is 0 Å². The fourth-order valence-electron chi connectivity index (χ4n) is 5.17. The number of likely N-dealkylation sites (tertiary alicyclic amines) is 1. The molecule has 1 saturated heterocycles. The number of fused-ring (bicyclic) bond motifs is 3. The summed E-state index contributed by atoms with van der Waals surface area (Å²) < 4.78 is 0. The third-order valence-corrected chi connectivity index (χ3v) is 6.65. The van der Waals surface area contributed by atoms with E-state index in [2.05, 4.69) is 10.2 Å². The summed E-state index contributed by atoms with van der Waals surface area (Å²) in [4.78, 5) is 42.0. The van der Waals surface area contributed by atoms with Gasteiger partial charge in [0, 0.05) is 29.7 Å². The van der Waals surface area contributed by atoms with Crippen molar-refractivity contribution in [1.29, 1.82) is 0 Å². The lowest BCUT2D eigenvalue weighted by molar-refractivity contribution is -0.126. The first kappa shape index (κ1) is 19.5. The van der Waals surface area contributed by atoms with Gasteiger partial charge in [0.15, 0.2) is 0 Å². The van der Waals surface area contributed by atoms with Gasteiger partial charge in [-0.05, 0) is 62.1 Å². The van der Waals surface area contributed by atoms with E-state index in [9.17, 15) is 14.4 Å². The van der Waals surface area contributed by atoms with Crippen LogP contribution < -0.4 is 4.90 Å². The Hall–Kier alpha value is -3.48. The first-order valence-electron chi connectivity index (χ1n) is 10.5. The molecule has 2 aromatic carbocycles. The molecule has 2 aliphatic rings. The average molecular weight is 416 g/mol. The number of rotatable bonds is 3. The number of hydrogen-bond acceptors (Lipinski definition) is 4. The van der Waals surface area contributed by atoms with Crippen molar-refractivity contribution in [2.24, 2.45) is 0 Å². The van der Waals surface area contributed by atoms with Gasteiger partial charge in [0.1, 0.15) is 5.78 Å². The summed E-state index contributed by atoms with van der Waals surface area (Å²) in [6.07, 6.45) is 2.81.